The summed E-state index contributed by atoms with van der Waals surface area (Å²) in [6, 6.07) is 7.59. The predicted octanol–water partition coefficient (Wildman–Crippen LogP) is 2.34. The van der Waals surface area contributed by atoms with Crippen LogP contribution < -0.4 is 5.32 Å². The fourth-order valence-electron chi connectivity index (χ4n) is 2.54. The summed E-state index contributed by atoms with van der Waals surface area (Å²) in [7, 11) is 0. The summed E-state index contributed by atoms with van der Waals surface area (Å²) >= 11 is 1.54. The molecule has 1 aromatic carbocycles. The third-order valence-electron chi connectivity index (χ3n) is 3.90. The van der Waals surface area contributed by atoms with Crippen molar-refractivity contribution in [3.05, 3.63) is 46.2 Å². The molecule has 1 fully saturated rings. The number of benzene rings is 1. The van der Waals surface area contributed by atoms with Gasteiger partial charge in [0.05, 0.1) is 0 Å². The summed E-state index contributed by atoms with van der Waals surface area (Å²) < 4.78 is 1.86. The number of aryl methyl sites for hydroxylation is 1. The van der Waals surface area contributed by atoms with Crippen molar-refractivity contribution in [2.75, 3.05) is 6.54 Å². The number of hydrogen-bond acceptors (Lipinski definition) is 5. The minimum Gasteiger partial charge on any atom is -0.352 e. The molecule has 0 atom stereocenters. The Morgan fingerprint density at radius 1 is 1.39 bits per heavy atom. The van der Waals surface area contributed by atoms with Gasteiger partial charge < -0.3 is 5.32 Å². The van der Waals surface area contributed by atoms with Crippen LogP contribution in [0.3, 0.4) is 0 Å². The van der Waals surface area contributed by atoms with Crippen LogP contribution in [-0.4, -0.2) is 32.3 Å². The van der Waals surface area contributed by atoms with Gasteiger partial charge in [-0.05, 0) is 31.9 Å². The Kier molecular flexibility index (Phi) is 3.57. The molecule has 23 heavy (non-hydrogen) atoms. The quantitative estimate of drug-likeness (QED) is 0.781. The van der Waals surface area contributed by atoms with Crippen LogP contribution in [0, 0.1) is 6.92 Å². The Morgan fingerprint density at radius 2 is 2.26 bits per heavy atom. The number of hydrogen-bond donors (Lipinski definition) is 1. The van der Waals surface area contributed by atoms with E-state index in [4.69, 9.17) is 0 Å². The molecular weight excluding hydrogens is 310 g/mol. The van der Waals surface area contributed by atoms with E-state index in [0.29, 0.717) is 24.4 Å². The van der Waals surface area contributed by atoms with E-state index in [1.807, 2.05) is 35.7 Å². The normalized spacial score (nSPS) is 14.3. The molecule has 0 aliphatic heterocycles. The van der Waals surface area contributed by atoms with Crippen molar-refractivity contribution < 1.29 is 4.79 Å². The molecule has 7 heteroatoms. The second kappa shape index (κ2) is 5.73. The van der Waals surface area contributed by atoms with Gasteiger partial charge in [-0.2, -0.15) is 9.61 Å². The molecule has 6 nitrogen and oxygen atoms in total. The topological polar surface area (TPSA) is 72.2 Å². The molecule has 0 radical (unpaired) electrons. The molecule has 2 aromatic heterocycles. The SMILES string of the molecule is Cc1cccc(C(=O)NCCc2nn3c(C4CC4)nnc3s2)c1. The van der Waals surface area contributed by atoms with Gasteiger partial charge in [-0.1, -0.05) is 29.0 Å². The molecule has 2 heterocycles. The Balaban J connectivity index is 1.38. The molecule has 118 valence electrons. The second-order valence-corrected chi connectivity index (χ2v) is 6.94. The minimum absolute atomic E-state index is 0.0460. The lowest BCUT2D eigenvalue weighted by Gasteiger charge is -2.04. The lowest BCUT2D eigenvalue weighted by Crippen LogP contribution is -2.25. The maximum atomic E-state index is 12.1. The molecule has 1 aliphatic carbocycles. The van der Waals surface area contributed by atoms with Crippen molar-refractivity contribution in [3.8, 4) is 0 Å². The Labute approximate surface area is 137 Å². The van der Waals surface area contributed by atoms with E-state index in [9.17, 15) is 4.79 Å². The van der Waals surface area contributed by atoms with Crippen LogP contribution in [0.5, 0.6) is 0 Å². The molecule has 0 unspecified atom stereocenters. The summed E-state index contributed by atoms with van der Waals surface area (Å²) in [5.74, 6) is 1.46. The first-order valence-electron chi connectivity index (χ1n) is 7.76. The number of nitrogens with zero attached hydrogens (tertiary/aromatic N) is 4. The molecule has 1 N–H and O–H groups in total. The summed E-state index contributed by atoms with van der Waals surface area (Å²) in [6.45, 7) is 2.54. The molecule has 1 saturated carbocycles. The smallest absolute Gasteiger partial charge is 0.251 e. The average molecular weight is 327 g/mol. The zero-order chi connectivity index (χ0) is 15.8. The lowest BCUT2D eigenvalue weighted by molar-refractivity contribution is 0.0954. The van der Waals surface area contributed by atoms with E-state index in [1.54, 1.807) is 11.3 Å². The largest absolute Gasteiger partial charge is 0.352 e. The highest BCUT2D eigenvalue weighted by Crippen LogP contribution is 2.39. The standard InChI is InChI=1S/C16H17N5OS/c1-10-3-2-4-12(9-10)15(22)17-8-7-13-20-21-14(11-5-6-11)18-19-16(21)23-13/h2-4,9,11H,5-8H2,1H3,(H,17,22). The predicted molar refractivity (Wildman–Crippen MR) is 87.9 cm³/mol. The van der Waals surface area contributed by atoms with E-state index >= 15 is 0 Å². The van der Waals surface area contributed by atoms with Gasteiger partial charge in [0.15, 0.2) is 5.82 Å². The zero-order valence-corrected chi connectivity index (χ0v) is 13.6. The summed E-state index contributed by atoms with van der Waals surface area (Å²) in [4.78, 5) is 12.9. The van der Waals surface area contributed by atoms with Crippen LogP contribution >= 0.6 is 11.3 Å². The highest BCUT2D eigenvalue weighted by Gasteiger charge is 2.29. The number of amides is 1. The van der Waals surface area contributed by atoms with Crippen molar-refractivity contribution in [1.82, 2.24) is 25.1 Å². The maximum Gasteiger partial charge on any atom is 0.251 e. The number of carbonyl (C=O) groups excluding carboxylic acids is 1. The van der Waals surface area contributed by atoms with Gasteiger partial charge in [0, 0.05) is 24.4 Å². The van der Waals surface area contributed by atoms with Crippen LogP contribution in [0.25, 0.3) is 4.96 Å². The average Bonchev–Trinajstić information content (AvgIpc) is 3.18. The van der Waals surface area contributed by atoms with Crippen molar-refractivity contribution in [2.24, 2.45) is 0 Å². The van der Waals surface area contributed by atoms with Crippen molar-refractivity contribution in [2.45, 2.75) is 32.1 Å². The van der Waals surface area contributed by atoms with Crippen molar-refractivity contribution in [1.29, 1.82) is 0 Å². The Hall–Kier alpha value is -2.28. The Morgan fingerprint density at radius 3 is 3.04 bits per heavy atom. The van der Waals surface area contributed by atoms with Crippen LogP contribution in [0.2, 0.25) is 0 Å². The molecule has 1 aliphatic rings. The van der Waals surface area contributed by atoms with Crippen LogP contribution in [0.1, 0.15) is 45.5 Å². The molecule has 4 rings (SSSR count). The molecule has 3 aromatic rings. The van der Waals surface area contributed by atoms with E-state index < -0.39 is 0 Å². The number of fused-ring (bicyclic) bond motifs is 1. The molecular formula is C16H17N5OS. The van der Waals surface area contributed by atoms with E-state index in [-0.39, 0.29) is 5.91 Å². The van der Waals surface area contributed by atoms with E-state index in [0.717, 1.165) is 21.4 Å². The lowest BCUT2D eigenvalue weighted by atomic mass is 10.1. The van der Waals surface area contributed by atoms with Crippen LogP contribution in [0.15, 0.2) is 24.3 Å². The first-order chi connectivity index (χ1) is 11.2. The number of carbonyl (C=O) groups is 1. The summed E-state index contributed by atoms with van der Waals surface area (Å²) in [5, 5.41) is 16.9. The summed E-state index contributed by atoms with van der Waals surface area (Å²) in [5.41, 5.74) is 1.78. The van der Waals surface area contributed by atoms with Gasteiger partial charge in [0.2, 0.25) is 4.96 Å². The van der Waals surface area contributed by atoms with E-state index in [1.165, 1.54) is 12.8 Å². The third kappa shape index (κ3) is 2.96. The van der Waals surface area contributed by atoms with Crippen molar-refractivity contribution >= 4 is 22.2 Å². The minimum atomic E-state index is -0.0460. The number of aromatic nitrogens is 4. The van der Waals surface area contributed by atoms with Crippen LogP contribution in [-0.2, 0) is 6.42 Å². The Bertz CT molecular complexity index is 864. The molecule has 0 bridgehead atoms. The monoisotopic (exact) mass is 327 g/mol. The van der Waals surface area contributed by atoms with Gasteiger partial charge >= 0.3 is 0 Å². The van der Waals surface area contributed by atoms with E-state index in [2.05, 4.69) is 20.6 Å². The summed E-state index contributed by atoms with van der Waals surface area (Å²) in [6.07, 6.45) is 3.07. The van der Waals surface area contributed by atoms with Crippen LogP contribution in [0.4, 0.5) is 0 Å². The molecule has 0 saturated heterocycles. The molecule has 0 spiro atoms. The molecule has 1 amide bonds. The first-order valence-corrected chi connectivity index (χ1v) is 8.58. The first kappa shape index (κ1) is 14.3. The number of rotatable bonds is 5. The maximum absolute atomic E-state index is 12.1. The zero-order valence-electron chi connectivity index (χ0n) is 12.8. The van der Waals surface area contributed by atoms with Gasteiger partial charge in [-0.3, -0.25) is 4.79 Å². The number of nitrogens with one attached hydrogen (secondary N) is 1. The van der Waals surface area contributed by atoms with Crippen molar-refractivity contribution in [3.63, 3.8) is 0 Å². The fraction of sp³-hybridized carbons (Fsp3) is 0.375. The van der Waals surface area contributed by atoms with Gasteiger partial charge in [0.25, 0.3) is 5.91 Å². The van der Waals surface area contributed by atoms with Gasteiger partial charge in [-0.25, -0.2) is 0 Å². The second-order valence-electron chi connectivity index (χ2n) is 5.90. The fourth-order valence-corrected chi connectivity index (χ4v) is 3.38. The highest BCUT2D eigenvalue weighted by molar-refractivity contribution is 7.16. The van der Waals surface area contributed by atoms with Gasteiger partial charge in [0.1, 0.15) is 5.01 Å². The highest BCUT2D eigenvalue weighted by atomic mass is 32.1. The third-order valence-corrected chi connectivity index (χ3v) is 4.86. The van der Waals surface area contributed by atoms with Gasteiger partial charge in [-0.15, -0.1) is 10.2 Å².